The molecule has 0 saturated carbocycles. The molecule has 1 amide bonds. The van der Waals surface area contributed by atoms with Gasteiger partial charge in [0.25, 0.3) is 0 Å². The quantitative estimate of drug-likeness (QED) is 0.732. The first-order valence-corrected chi connectivity index (χ1v) is 8.95. The van der Waals surface area contributed by atoms with Crippen LogP contribution in [-0.2, 0) is 30.3 Å². The van der Waals surface area contributed by atoms with Crippen molar-refractivity contribution in [2.75, 3.05) is 13.7 Å². The van der Waals surface area contributed by atoms with Crippen LogP contribution in [0.25, 0.3) is 0 Å². The maximum absolute atomic E-state index is 12.8. The highest BCUT2D eigenvalue weighted by molar-refractivity contribution is 5.78. The molecule has 1 aromatic carbocycles. The van der Waals surface area contributed by atoms with Crippen molar-refractivity contribution in [3.05, 3.63) is 35.9 Å². The van der Waals surface area contributed by atoms with Gasteiger partial charge in [-0.3, -0.25) is 4.90 Å². The number of esters is 1. The molecule has 27 heavy (non-hydrogen) atoms. The number of methoxy groups -OCH3 is 1. The molecular weight excluding hydrogens is 350 g/mol. The number of rotatable bonds is 5. The Morgan fingerprint density at radius 2 is 1.89 bits per heavy atom. The van der Waals surface area contributed by atoms with Crippen molar-refractivity contribution in [2.24, 2.45) is 0 Å². The average Bonchev–Trinajstić information content (AvgIpc) is 2.89. The fraction of sp³-hybridized carbons (Fsp3) is 0.600. The van der Waals surface area contributed by atoms with Crippen molar-refractivity contribution >= 4 is 12.1 Å². The molecule has 0 N–H and O–H groups in total. The van der Waals surface area contributed by atoms with E-state index in [4.69, 9.17) is 18.9 Å². The van der Waals surface area contributed by atoms with E-state index in [1.807, 2.05) is 30.3 Å². The first-order chi connectivity index (χ1) is 12.5. The normalized spacial score (nSPS) is 20.2. The number of carbonyl (C=O) groups excluding carboxylic acids is 2. The molecule has 0 radical (unpaired) electrons. The van der Waals surface area contributed by atoms with Gasteiger partial charge in [-0.15, -0.1) is 0 Å². The fourth-order valence-electron chi connectivity index (χ4n) is 2.93. The van der Waals surface area contributed by atoms with Gasteiger partial charge in [-0.25, -0.2) is 9.59 Å². The van der Waals surface area contributed by atoms with Crippen molar-refractivity contribution in [3.63, 3.8) is 0 Å². The zero-order valence-corrected chi connectivity index (χ0v) is 16.9. The summed E-state index contributed by atoms with van der Waals surface area (Å²) >= 11 is 0. The summed E-state index contributed by atoms with van der Waals surface area (Å²) in [5.41, 5.74) is -0.699. The lowest BCUT2D eigenvalue weighted by Crippen LogP contribution is -2.55. The van der Waals surface area contributed by atoms with E-state index in [1.165, 1.54) is 12.0 Å². The van der Waals surface area contributed by atoms with Crippen LogP contribution >= 0.6 is 0 Å². The Kier molecular flexibility index (Phi) is 6.49. The zero-order valence-electron chi connectivity index (χ0n) is 16.9. The number of benzene rings is 1. The highest BCUT2D eigenvalue weighted by atomic mass is 16.6. The molecule has 2 atom stereocenters. The van der Waals surface area contributed by atoms with E-state index < -0.39 is 35.5 Å². The minimum atomic E-state index is -0.996. The molecule has 1 aliphatic heterocycles. The Morgan fingerprint density at radius 1 is 1.26 bits per heavy atom. The summed E-state index contributed by atoms with van der Waals surface area (Å²) < 4.78 is 22.1. The summed E-state index contributed by atoms with van der Waals surface area (Å²) in [5.74, 6) is -0.564. The van der Waals surface area contributed by atoms with E-state index >= 15 is 0 Å². The Labute approximate surface area is 160 Å². The van der Waals surface area contributed by atoms with Crippen molar-refractivity contribution in [3.8, 4) is 0 Å². The lowest BCUT2D eigenvalue weighted by Gasteiger charge is -2.36. The fourth-order valence-corrected chi connectivity index (χ4v) is 2.93. The molecule has 0 aliphatic carbocycles. The Balaban J connectivity index is 2.23. The lowest BCUT2D eigenvalue weighted by atomic mass is 10.1. The number of amides is 1. The molecule has 7 heteroatoms. The summed E-state index contributed by atoms with van der Waals surface area (Å²) in [6.45, 7) is 9.21. The standard InChI is InChI=1S/C20H29NO6/c1-19(2,3)27-18(23)21-15(13-26-20(21,4)5)16(17(22)24-6)25-12-14-10-8-7-9-11-14/h7-11,15-16H,12-13H2,1-6H3/t15-,16?/m0/s1. The minimum Gasteiger partial charge on any atom is -0.467 e. The molecule has 7 nitrogen and oxygen atoms in total. The summed E-state index contributed by atoms with van der Waals surface area (Å²) in [6.07, 6.45) is -1.56. The Bertz CT molecular complexity index is 652. The van der Waals surface area contributed by atoms with Gasteiger partial charge in [0.05, 0.1) is 26.4 Å². The van der Waals surface area contributed by atoms with Crippen LogP contribution in [0.4, 0.5) is 4.79 Å². The van der Waals surface area contributed by atoms with E-state index in [2.05, 4.69) is 0 Å². The minimum absolute atomic E-state index is 0.140. The van der Waals surface area contributed by atoms with Gasteiger partial charge in [0.1, 0.15) is 11.3 Å². The molecule has 1 unspecified atom stereocenters. The molecule has 1 heterocycles. The van der Waals surface area contributed by atoms with Gasteiger partial charge in [-0.1, -0.05) is 30.3 Å². The topological polar surface area (TPSA) is 74.3 Å². The lowest BCUT2D eigenvalue weighted by molar-refractivity contribution is -0.159. The van der Waals surface area contributed by atoms with Crippen LogP contribution in [0.3, 0.4) is 0 Å². The second-order valence-corrected chi connectivity index (χ2v) is 7.92. The highest BCUT2D eigenvalue weighted by Crippen LogP contribution is 2.32. The van der Waals surface area contributed by atoms with E-state index in [1.54, 1.807) is 34.6 Å². The van der Waals surface area contributed by atoms with Crippen molar-refractivity contribution < 1.29 is 28.5 Å². The summed E-state index contributed by atoms with van der Waals surface area (Å²) in [7, 11) is 1.29. The van der Waals surface area contributed by atoms with Crippen LogP contribution in [0, 0.1) is 0 Å². The van der Waals surface area contributed by atoms with Crippen LogP contribution in [0.15, 0.2) is 30.3 Å². The molecule has 150 valence electrons. The number of nitrogens with zero attached hydrogens (tertiary/aromatic N) is 1. The summed E-state index contributed by atoms with van der Waals surface area (Å²) in [5, 5.41) is 0. The van der Waals surface area contributed by atoms with Gasteiger partial charge in [-0.05, 0) is 40.2 Å². The van der Waals surface area contributed by atoms with Gasteiger partial charge in [0.15, 0.2) is 6.10 Å². The predicted molar refractivity (Wildman–Crippen MR) is 98.9 cm³/mol. The predicted octanol–water partition coefficient (Wildman–Crippen LogP) is 3.12. The molecular formula is C20H29NO6. The highest BCUT2D eigenvalue weighted by Gasteiger charge is 2.51. The smallest absolute Gasteiger partial charge is 0.413 e. The summed E-state index contributed by atoms with van der Waals surface area (Å²) in [6, 6.07) is 8.82. The third-order valence-electron chi connectivity index (χ3n) is 4.16. The maximum atomic E-state index is 12.8. The van der Waals surface area contributed by atoms with Crippen molar-refractivity contribution in [1.82, 2.24) is 4.90 Å². The maximum Gasteiger partial charge on any atom is 0.413 e. The van der Waals surface area contributed by atoms with Gasteiger partial charge in [-0.2, -0.15) is 0 Å². The molecule has 0 bridgehead atoms. The molecule has 1 saturated heterocycles. The van der Waals surface area contributed by atoms with E-state index in [0.717, 1.165) is 5.56 Å². The number of ether oxygens (including phenoxy) is 4. The number of carbonyl (C=O) groups is 2. The molecule has 1 aromatic rings. The van der Waals surface area contributed by atoms with Crippen LogP contribution in [-0.4, -0.2) is 54.2 Å². The van der Waals surface area contributed by atoms with Gasteiger partial charge >= 0.3 is 12.1 Å². The van der Waals surface area contributed by atoms with Crippen molar-refractivity contribution in [1.29, 1.82) is 0 Å². The monoisotopic (exact) mass is 379 g/mol. The molecule has 1 aliphatic rings. The number of hydrogen-bond donors (Lipinski definition) is 0. The van der Waals surface area contributed by atoms with Gasteiger partial charge in [0.2, 0.25) is 0 Å². The molecule has 0 spiro atoms. The largest absolute Gasteiger partial charge is 0.467 e. The van der Waals surface area contributed by atoms with Crippen molar-refractivity contribution in [2.45, 2.75) is 64.7 Å². The third kappa shape index (κ3) is 5.43. The van der Waals surface area contributed by atoms with Gasteiger partial charge in [0, 0.05) is 0 Å². The molecule has 2 rings (SSSR count). The van der Waals surface area contributed by atoms with E-state index in [-0.39, 0.29) is 13.2 Å². The van der Waals surface area contributed by atoms with Crippen LogP contribution in [0.1, 0.15) is 40.2 Å². The molecule has 1 fully saturated rings. The first kappa shape index (κ1) is 21.2. The van der Waals surface area contributed by atoms with E-state index in [9.17, 15) is 9.59 Å². The van der Waals surface area contributed by atoms with Crippen LogP contribution in [0.2, 0.25) is 0 Å². The Morgan fingerprint density at radius 3 is 2.44 bits per heavy atom. The zero-order chi connectivity index (χ0) is 20.2. The second-order valence-electron chi connectivity index (χ2n) is 7.92. The number of hydrogen-bond acceptors (Lipinski definition) is 6. The van der Waals surface area contributed by atoms with Crippen LogP contribution < -0.4 is 0 Å². The average molecular weight is 379 g/mol. The summed E-state index contributed by atoms with van der Waals surface area (Å²) in [4.78, 5) is 26.6. The first-order valence-electron chi connectivity index (χ1n) is 8.95. The van der Waals surface area contributed by atoms with Gasteiger partial charge < -0.3 is 18.9 Å². The molecule has 0 aromatic heterocycles. The SMILES string of the molecule is COC(=O)C(OCc1ccccc1)[C@@H]1COC(C)(C)N1C(=O)OC(C)(C)C. The Hall–Kier alpha value is -2.12. The van der Waals surface area contributed by atoms with E-state index in [0.29, 0.717) is 0 Å². The second kappa shape index (κ2) is 8.27. The van der Waals surface area contributed by atoms with Crippen LogP contribution in [0.5, 0.6) is 0 Å². The third-order valence-corrected chi connectivity index (χ3v) is 4.16.